The molecule has 18 heavy (non-hydrogen) atoms. The van der Waals surface area contributed by atoms with Crippen molar-refractivity contribution in [3.05, 3.63) is 0 Å². The van der Waals surface area contributed by atoms with Crippen LogP contribution >= 0.6 is 0 Å². The molecule has 2 rings (SSSR count). The van der Waals surface area contributed by atoms with Gasteiger partial charge in [-0.15, -0.1) is 0 Å². The minimum absolute atomic E-state index is 0.0167. The Morgan fingerprint density at radius 2 is 1.83 bits per heavy atom. The van der Waals surface area contributed by atoms with Gasteiger partial charge >= 0.3 is 0 Å². The lowest BCUT2D eigenvalue weighted by molar-refractivity contribution is 0.155. The summed E-state index contributed by atoms with van der Waals surface area (Å²) in [6, 6.07) is -0.0167. The summed E-state index contributed by atoms with van der Waals surface area (Å²) in [5.74, 6) is 0. The van der Waals surface area contributed by atoms with E-state index in [0.29, 0.717) is 26.1 Å². The second kappa shape index (κ2) is 5.86. The van der Waals surface area contributed by atoms with Crippen molar-refractivity contribution in [3.63, 3.8) is 0 Å². The Labute approximate surface area is 110 Å². The lowest BCUT2D eigenvalue weighted by Crippen LogP contribution is -2.48. The van der Waals surface area contributed by atoms with Gasteiger partial charge in [-0.05, 0) is 39.0 Å². The number of hydrogen-bond acceptors (Lipinski definition) is 3. The van der Waals surface area contributed by atoms with E-state index < -0.39 is 16.3 Å². The SMILES string of the molecule is CC(O)CC1CCCN1S(=O)(=O)N1CCCCC1. The Kier molecular flexibility index (Phi) is 4.64. The monoisotopic (exact) mass is 276 g/mol. The molecule has 1 N–H and O–H groups in total. The molecule has 2 unspecified atom stereocenters. The molecule has 0 aliphatic carbocycles. The third kappa shape index (κ3) is 3.04. The zero-order chi connectivity index (χ0) is 13.2. The van der Waals surface area contributed by atoms with Gasteiger partial charge in [0.2, 0.25) is 0 Å². The molecular formula is C12H24N2O3S. The maximum atomic E-state index is 12.5. The maximum Gasteiger partial charge on any atom is 0.282 e. The van der Waals surface area contributed by atoms with Gasteiger partial charge < -0.3 is 5.11 Å². The van der Waals surface area contributed by atoms with Gasteiger partial charge in [0.25, 0.3) is 10.2 Å². The van der Waals surface area contributed by atoms with Gasteiger partial charge in [-0.25, -0.2) is 0 Å². The van der Waals surface area contributed by atoms with Crippen LogP contribution in [-0.2, 0) is 10.2 Å². The molecule has 0 aromatic carbocycles. The van der Waals surface area contributed by atoms with Crippen LogP contribution in [0.5, 0.6) is 0 Å². The predicted octanol–water partition coefficient (Wildman–Crippen LogP) is 0.952. The second-order valence-corrected chi connectivity index (χ2v) is 7.34. The van der Waals surface area contributed by atoms with Gasteiger partial charge in [0, 0.05) is 25.7 Å². The van der Waals surface area contributed by atoms with Crippen LogP contribution in [0.3, 0.4) is 0 Å². The standard InChI is InChI=1S/C12H24N2O3S/c1-11(15)10-12-6-5-9-14(12)18(16,17)13-7-3-2-4-8-13/h11-12,15H,2-10H2,1H3. The van der Waals surface area contributed by atoms with E-state index in [1.165, 1.54) is 0 Å². The van der Waals surface area contributed by atoms with Crippen molar-refractivity contribution in [3.8, 4) is 0 Å². The van der Waals surface area contributed by atoms with E-state index >= 15 is 0 Å². The zero-order valence-corrected chi connectivity index (χ0v) is 11.9. The fraction of sp³-hybridized carbons (Fsp3) is 1.00. The number of rotatable bonds is 4. The predicted molar refractivity (Wildman–Crippen MR) is 70.4 cm³/mol. The Morgan fingerprint density at radius 1 is 1.17 bits per heavy atom. The molecule has 0 saturated carbocycles. The average molecular weight is 276 g/mol. The normalized spacial score (nSPS) is 29.6. The third-order valence-electron chi connectivity index (χ3n) is 3.87. The summed E-state index contributed by atoms with van der Waals surface area (Å²) in [6.45, 7) is 3.64. The smallest absolute Gasteiger partial charge is 0.282 e. The van der Waals surface area contributed by atoms with E-state index in [4.69, 9.17) is 0 Å². The summed E-state index contributed by atoms with van der Waals surface area (Å²) in [6.07, 6.45) is 4.95. The molecule has 0 aromatic heterocycles. The van der Waals surface area contributed by atoms with Gasteiger partial charge in [0.1, 0.15) is 0 Å². The van der Waals surface area contributed by atoms with Crippen LogP contribution in [0, 0.1) is 0 Å². The highest BCUT2D eigenvalue weighted by Gasteiger charge is 2.38. The molecule has 2 aliphatic heterocycles. The lowest BCUT2D eigenvalue weighted by Gasteiger charge is -2.33. The number of aliphatic hydroxyl groups is 1. The molecule has 106 valence electrons. The molecule has 2 fully saturated rings. The number of hydrogen-bond donors (Lipinski definition) is 1. The zero-order valence-electron chi connectivity index (χ0n) is 11.1. The first-order chi connectivity index (χ1) is 8.51. The quantitative estimate of drug-likeness (QED) is 0.831. The van der Waals surface area contributed by atoms with Gasteiger partial charge in [-0.2, -0.15) is 17.0 Å². The number of nitrogens with zero attached hydrogens (tertiary/aromatic N) is 2. The fourth-order valence-corrected chi connectivity index (χ4v) is 4.93. The highest BCUT2D eigenvalue weighted by Crippen LogP contribution is 2.27. The summed E-state index contributed by atoms with van der Waals surface area (Å²) >= 11 is 0. The molecular weight excluding hydrogens is 252 g/mol. The molecule has 5 nitrogen and oxygen atoms in total. The van der Waals surface area contributed by atoms with Gasteiger partial charge in [0.05, 0.1) is 6.10 Å². The Balaban J connectivity index is 2.07. The molecule has 2 saturated heterocycles. The summed E-state index contributed by atoms with van der Waals surface area (Å²) < 4.78 is 28.3. The first-order valence-corrected chi connectivity index (χ1v) is 8.36. The molecule has 0 bridgehead atoms. The minimum Gasteiger partial charge on any atom is -0.393 e. The van der Waals surface area contributed by atoms with Gasteiger partial charge in [-0.1, -0.05) is 6.42 Å². The summed E-state index contributed by atoms with van der Waals surface area (Å²) in [5.41, 5.74) is 0. The molecule has 2 atom stereocenters. The van der Waals surface area contributed by atoms with E-state index in [0.717, 1.165) is 32.1 Å². The van der Waals surface area contributed by atoms with Crippen molar-refractivity contribution < 1.29 is 13.5 Å². The van der Waals surface area contributed by atoms with E-state index in [2.05, 4.69) is 0 Å². The van der Waals surface area contributed by atoms with Gasteiger partial charge in [-0.3, -0.25) is 0 Å². The van der Waals surface area contributed by atoms with Crippen molar-refractivity contribution >= 4 is 10.2 Å². The number of aliphatic hydroxyl groups excluding tert-OH is 1. The van der Waals surface area contributed by atoms with Crippen LogP contribution in [0.25, 0.3) is 0 Å². The van der Waals surface area contributed by atoms with Gasteiger partial charge in [0.15, 0.2) is 0 Å². The largest absolute Gasteiger partial charge is 0.393 e. The lowest BCUT2D eigenvalue weighted by atomic mass is 10.1. The first kappa shape index (κ1) is 14.2. The van der Waals surface area contributed by atoms with E-state index in [1.807, 2.05) is 0 Å². The summed E-state index contributed by atoms with van der Waals surface area (Å²) in [4.78, 5) is 0. The Morgan fingerprint density at radius 3 is 2.44 bits per heavy atom. The highest BCUT2D eigenvalue weighted by molar-refractivity contribution is 7.86. The maximum absolute atomic E-state index is 12.5. The third-order valence-corrected chi connectivity index (χ3v) is 5.97. The van der Waals surface area contributed by atoms with Crippen molar-refractivity contribution in [1.29, 1.82) is 0 Å². The van der Waals surface area contributed by atoms with Crippen molar-refractivity contribution in [2.24, 2.45) is 0 Å². The minimum atomic E-state index is -3.30. The van der Waals surface area contributed by atoms with Crippen molar-refractivity contribution in [2.45, 2.75) is 57.6 Å². The fourth-order valence-electron chi connectivity index (χ4n) is 2.99. The Bertz CT molecular complexity index is 364. The van der Waals surface area contributed by atoms with Crippen LogP contribution in [0.4, 0.5) is 0 Å². The topological polar surface area (TPSA) is 60.9 Å². The molecule has 0 spiro atoms. The Hall–Kier alpha value is -0.170. The molecule has 0 amide bonds. The average Bonchev–Trinajstić information content (AvgIpc) is 2.78. The highest BCUT2D eigenvalue weighted by atomic mass is 32.2. The van der Waals surface area contributed by atoms with E-state index in [1.54, 1.807) is 15.5 Å². The number of piperidine rings is 1. The van der Waals surface area contributed by atoms with Crippen LogP contribution in [0.1, 0.15) is 45.4 Å². The summed E-state index contributed by atoms with van der Waals surface area (Å²) in [5, 5.41) is 9.47. The van der Waals surface area contributed by atoms with E-state index in [9.17, 15) is 13.5 Å². The van der Waals surface area contributed by atoms with Crippen molar-refractivity contribution in [2.75, 3.05) is 19.6 Å². The molecule has 2 heterocycles. The van der Waals surface area contributed by atoms with Crippen LogP contribution in [0.15, 0.2) is 0 Å². The van der Waals surface area contributed by atoms with Crippen LogP contribution < -0.4 is 0 Å². The van der Waals surface area contributed by atoms with Crippen molar-refractivity contribution in [1.82, 2.24) is 8.61 Å². The molecule has 0 radical (unpaired) electrons. The van der Waals surface area contributed by atoms with E-state index in [-0.39, 0.29) is 6.04 Å². The molecule has 2 aliphatic rings. The molecule has 0 aromatic rings. The first-order valence-electron chi connectivity index (χ1n) is 6.97. The second-order valence-electron chi connectivity index (χ2n) is 5.46. The summed E-state index contributed by atoms with van der Waals surface area (Å²) in [7, 11) is -3.30. The van der Waals surface area contributed by atoms with Crippen LogP contribution in [-0.4, -0.2) is 53.9 Å². The molecule has 6 heteroatoms. The van der Waals surface area contributed by atoms with Crippen LogP contribution in [0.2, 0.25) is 0 Å².